The Balaban J connectivity index is 2.20. The summed E-state index contributed by atoms with van der Waals surface area (Å²) in [7, 11) is -1.60. The van der Waals surface area contributed by atoms with E-state index in [0.717, 1.165) is 0 Å². The zero-order valence-corrected chi connectivity index (χ0v) is 11.4. The molecular formula is C10H17N5O3S. The van der Waals surface area contributed by atoms with Crippen LogP contribution in [-0.4, -0.2) is 61.7 Å². The molecule has 1 aliphatic rings. The first kappa shape index (κ1) is 14.0. The molecule has 0 aliphatic carbocycles. The van der Waals surface area contributed by atoms with Crippen molar-refractivity contribution in [2.24, 2.45) is 5.84 Å². The van der Waals surface area contributed by atoms with E-state index in [4.69, 9.17) is 5.84 Å². The summed E-state index contributed by atoms with van der Waals surface area (Å²) < 4.78 is 26.1. The molecule has 4 N–H and O–H groups in total. The van der Waals surface area contributed by atoms with Gasteiger partial charge in [0.2, 0.25) is 10.0 Å². The van der Waals surface area contributed by atoms with Crippen LogP contribution in [0, 0.1) is 0 Å². The van der Waals surface area contributed by atoms with Gasteiger partial charge in [0.05, 0.1) is 0 Å². The first-order chi connectivity index (χ1) is 8.95. The van der Waals surface area contributed by atoms with Crippen molar-refractivity contribution in [1.82, 2.24) is 19.6 Å². The first-order valence-corrected chi connectivity index (χ1v) is 7.27. The molecule has 0 aromatic carbocycles. The maximum Gasteiger partial charge on any atom is 0.281 e. The molecule has 0 spiro atoms. The molecule has 0 radical (unpaired) electrons. The zero-order valence-electron chi connectivity index (χ0n) is 10.6. The number of nitrogens with zero attached hydrogens (tertiary/aromatic N) is 2. The minimum atomic E-state index is -3.55. The van der Waals surface area contributed by atoms with Crippen molar-refractivity contribution < 1.29 is 13.2 Å². The maximum atomic E-state index is 12.3. The Morgan fingerprint density at radius 3 is 2.58 bits per heavy atom. The summed E-state index contributed by atoms with van der Waals surface area (Å²) in [6, 6.07) is 1.29. The summed E-state index contributed by atoms with van der Waals surface area (Å²) in [5.41, 5.74) is 2.07. The predicted molar refractivity (Wildman–Crippen MR) is 68.7 cm³/mol. The molecule has 2 heterocycles. The molecular weight excluding hydrogens is 270 g/mol. The van der Waals surface area contributed by atoms with Gasteiger partial charge in [-0.15, -0.1) is 0 Å². The number of rotatable bonds is 3. The number of nitrogens with one attached hydrogen (secondary N) is 2. The van der Waals surface area contributed by atoms with E-state index < -0.39 is 15.9 Å². The van der Waals surface area contributed by atoms with Gasteiger partial charge in [0.15, 0.2) is 0 Å². The Hall–Kier alpha value is -1.42. The Morgan fingerprint density at radius 2 is 2.00 bits per heavy atom. The van der Waals surface area contributed by atoms with Crippen LogP contribution >= 0.6 is 0 Å². The van der Waals surface area contributed by atoms with Gasteiger partial charge >= 0.3 is 0 Å². The van der Waals surface area contributed by atoms with E-state index in [2.05, 4.69) is 9.88 Å². The van der Waals surface area contributed by atoms with Gasteiger partial charge in [-0.25, -0.2) is 14.3 Å². The van der Waals surface area contributed by atoms with Crippen molar-refractivity contribution in [2.75, 3.05) is 33.2 Å². The number of hydrogen-bond donors (Lipinski definition) is 3. The first-order valence-electron chi connectivity index (χ1n) is 5.83. The number of H-pyrrole nitrogens is 1. The lowest BCUT2D eigenvalue weighted by Crippen LogP contribution is -2.46. The minimum Gasteiger partial charge on any atom is -0.356 e. The van der Waals surface area contributed by atoms with Crippen molar-refractivity contribution >= 4 is 15.9 Å². The summed E-state index contributed by atoms with van der Waals surface area (Å²) in [5, 5.41) is 0. The molecule has 1 aliphatic heterocycles. The number of aromatic amines is 1. The molecule has 0 atom stereocenters. The summed E-state index contributed by atoms with van der Waals surface area (Å²) in [6.45, 7) is 2.28. The second kappa shape index (κ2) is 5.29. The molecule has 2 rings (SSSR count). The minimum absolute atomic E-state index is 0.0793. The Bertz CT molecular complexity index is 559. The third kappa shape index (κ3) is 2.78. The van der Waals surface area contributed by atoms with Gasteiger partial charge in [0.1, 0.15) is 10.6 Å². The topological polar surface area (TPSA) is 112 Å². The second-order valence-electron chi connectivity index (χ2n) is 4.43. The number of likely N-dealkylation sites (N-methyl/N-ethyl adjacent to an activating group) is 1. The van der Waals surface area contributed by atoms with Crippen LogP contribution in [0.2, 0.25) is 0 Å². The van der Waals surface area contributed by atoms with Crippen LogP contribution < -0.4 is 11.3 Å². The van der Waals surface area contributed by atoms with E-state index in [9.17, 15) is 13.2 Å². The lowest BCUT2D eigenvalue weighted by Gasteiger charge is -2.31. The number of amides is 1. The number of carbonyl (C=O) groups is 1. The number of nitrogens with two attached hydrogens (primary N) is 1. The SMILES string of the molecule is CN1CCN(S(=O)(=O)c2c[nH]c(C(=O)NN)c2)CC1. The fraction of sp³-hybridized carbons (Fsp3) is 0.500. The number of nitrogen functional groups attached to an aromatic ring is 1. The van der Waals surface area contributed by atoms with Crippen LogP contribution in [-0.2, 0) is 10.0 Å². The van der Waals surface area contributed by atoms with E-state index in [1.165, 1.54) is 16.6 Å². The quantitative estimate of drug-likeness (QED) is 0.358. The Morgan fingerprint density at radius 1 is 1.37 bits per heavy atom. The maximum absolute atomic E-state index is 12.3. The molecule has 106 valence electrons. The third-order valence-corrected chi connectivity index (χ3v) is 5.01. The standard InChI is InChI=1S/C10H17N5O3S/c1-14-2-4-15(5-3-14)19(17,18)8-6-9(12-7-8)10(16)13-11/h6-7,12H,2-5,11H2,1H3,(H,13,16). The fourth-order valence-electron chi connectivity index (χ4n) is 1.91. The molecule has 0 saturated carbocycles. The van der Waals surface area contributed by atoms with Gasteiger partial charge in [0.25, 0.3) is 5.91 Å². The van der Waals surface area contributed by atoms with Gasteiger partial charge in [-0.05, 0) is 13.1 Å². The van der Waals surface area contributed by atoms with Gasteiger partial charge in [-0.2, -0.15) is 4.31 Å². The van der Waals surface area contributed by atoms with E-state index in [-0.39, 0.29) is 10.6 Å². The number of hydrogen-bond acceptors (Lipinski definition) is 5. The summed E-state index contributed by atoms with van der Waals surface area (Å²) in [6.07, 6.45) is 1.30. The molecule has 19 heavy (non-hydrogen) atoms. The average molecular weight is 287 g/mol. The van der Waals surface area contributed by atoms with Crippen LogP contribution in [0.5, 0.6) is 0 Å². The molecule has 0 bridgehead atoms. The van der Waals surface area contributed by atoms with Gasteiger partial charge in [-0.3, -0.25) is 10.2 Å². The summed E-state index contributed by atoms with van der Waals surface area (Å²) in [5.74, 6) is 4.44. The fourth-order valence-corrected chi connectivity index (χ4v) is 3.33. The number of aromatic nitrogens is 1. The van der Waals surface area contributed by atoms with Crippen LogP contribution in [0.3, 0.4) is 0 Å². The van der Waals surface area contributed by atoms with Crippen molar-refractivity contribution in [3.63, 3.8) is 0 Å². The van der Waals surface area contributed by atoms with Gasteiger partial charge in [-0.1, -0.05) is 0 Å². The second-order valence-corrected chi connectivity index (χ2v) is 6.37. The summed E-state index contributed by atoms with van der Waals surface area (Å²) in [4.78, 5) is 16.0. The molecule has 9 heteroatoms. The molecule has 1 aromatic rings. The number of sulfonamides is 1. The smallest absolute Gasteiger partial charge is 0.281 e. The highest BCUT2D eigenvalue weighted by atomic mass is 32.2. The van der Waals surface area contributed by atoms with Crippen LogP contribution in [0.1, 0.15) is 10.5 Å². The largest absolute Gasteiger partial charge is 0.356 e. The third-order valence-electron chi connectivity index (χ3n) is 3.13. The number of carbonyl (C=O) groups excluding carboxylic acids is 1. The normalized spacial score (nSPS) is 18.4. The highest BCUT2D eigenvalue weighted by Crippen LogP contribution is 2.18. The molecule has 1 fully saturated rings. The lowest BCUT2D eigenvalue weighted by atomic mass is 10.4. The predicted octanol–water partition coefficient (Wildman–Crippen LogP) is -1.45. The van der Waals surface area contributed by atoms with E-state index >= 15 is 0 Å². The highest BCUT2D eigenvalue weighted by molar-refractivity contribution is 7.89. The van der Waals surface area contributed by atoms with Crippen molar-refractivity contribution in [1.29, 1.82) is 0 Å². The zero-order chi connectivity index (χ0) is 14.0. The molecule has 0 unspecified atom stereocenters. The molecule has 1 saturated heterocycles. The molecule has 1 aromatic heterocycles. The van der Waals surface area contributed by atoms with Gasteiger partial charge < -0.3 is 9.88 Å². The monoisotopic (exact) mass is 287 g/mol. The highest BCUT2D eigenvalue weighted by Gasteiger charge is 2.28. The van der Waals surface area contributed by atoms with Crippen LogP contribution in [0.15, 0.2) is 17.2 Å². The van der Waals surface area contributed by atoms with Crippen molar-refractivity contribution in [3.05, 3.63) is 18.0 Å². The van der Waals surface area contributed by atoms with E-state index in [1.807, 2.05) is 12.5 Å². The number of hydrazine groups is 1. The number of piperazine rings is 1. The van der Waals surface area contributed by atoms with Crippen LogP contribution in [0.4, 0.5) is 0 Å². The van der Waals surface area contributed by atoms with E-state index in [1.54, 1.807) is 0 Å². The molecule has 1 amide bonds. The van der Waals surface area contributed by atoms with Gasteiger partial charge in [0, 0.05) is 32.4 Å². The lowest BCUT2D eigenvalue weighted by molar-refractivity contribution is 0.0949. The Kier molecular flexibility index (Phi) is 3.90. The van der Waals surface area contributed by atoms with Crippen molar-refractivity contribution in [3.8, 4) is 0 Å². The van der Waals surface area contributed by atoms with Crippen LogP contribution in [0.25, 0.3) is 0 Å². The molecule has 8 nitrogen and oxygen atoms in total. The van der Waals surface area contributed by atoms with E-state index in [0.29, 0.717) is 26.2 Å². The summed E-state index contributed by atoms with van der Waals surface area (Å²) >= 11 is 0. The Labute approximate surface area is 111 Å². The van der Waals surface area contributed by atoms with Crippen molar-refractivity contribution in [2.45, 2.75) is 4.90 Å². The average Bonchev–Trinajstić information content (AvgIpc) is 2.88.